The van der Waals surface area contributed by atoms with Gasteiger partial charge in [-0.15, -0.1) is 5.10 Å². The van der Waals surface area contributed by atoms with Crippen LogP contribution in [0.4, 0.5) is 0 Å². The average molecular weight is 314 g/mol. The molecule has 21 heavy (non-hydrogen) atoms. The fourth-order valence-electron chi connectivity index (χ4n) is 1.56. The number of aromatic nitrogens is 4. The monoisotopic (exact) mass is 314 g/mol. The molecule has 0 aliphatic rings. The van der Waals surface area contributed by atoms with Crippen LogP contribution in [-0.4, -0.2) is 50.5 Å². The van der Waals surface area contributed by atoms with Gasteiger partial charge in [0.1, 0.15) is 0 Å². The van der Waals surface area contributed by atoms with E-state index in [0.717, 1.165) is 25.9 Å². The number of carbonyl (C=O) groups excluding carboxylic acids is 1. The molecule has 0 aromatic carbocycles. The van der Waals surface area contributed by atoms with E-state index in [1.54, 1.807) is 4.68 Å². The summed E-state index contributed by atoms with van der Waals surface area (Å²) in [5.74, 6) is 0.368. The SMILES string of the molecule is CCCCNC(=O)CSc1nnnn1CCNC(C)(C)C. The van der Waals surface area contributed by atoms with Crippen molar-refractivity contribution in [3.8, 4) is 0 Å². The first-order chi connectivity index (χ1) is 9.92. The van der Waals surface area contributed by atoms with Crippen molar-refractivity contribution in [3.63, 3.8) is 0 Å². The number of nitrogens with zero attached hydrogens (tertiary/aromatic N) is 4. The van der Waals surface area contributed by atoms with Gasteiger partial charge in [-0.25, -0.2) is 4.68 Å². The fourth-order valence-corrected chi connectivity index (χ4v) is 2.30. The lowest BCUT2D eigenvalue weighted by molar-refractivity contribution is -0.118. The number of amides is 1. The van der Waals surface area contributed by atoms with Crippen molar-refractivity contribution in [3.05, 3.63) is 0 Å². The second kappa shape index (κ2) is 8.99. The van der Waals surface area contributed by atoms with Crippen LogP contribution >= 0.6 is 11.8 Å². The second-order valence-electron chi connectivity index (χ2n) is 5.85. The van der Waals surface area contributed by atoms with Gasteiger partial charge in [0.25, 0.3) is 0 Å². The van der Waals surface area contributed by atoms with Crippen LogP contribution in [0, 0.1) is 0 Å². The minimum Gasteiger partial charge on any atom is -0.355 e. The van der Waals surface area contributed by atoms with Crippen LogP contribution in [0.25, 0.3) is 0 Å². The van der Waals surface area contributed by atoms with Gasteiger partial charge in [0.15, 0.2) is 0 Å². The van der Waals surface area contributed by atoms with Crippen LogP contribution in [-0.2, 0) is 11.3 Å². The summed E-state index contributed by atoms with van der Waals surface area (Å²) in [4.78, 5) is 11.6. The molecule has 1 heterocycles. The zero-order chi connectivity index (χ0) is 15.7. The van der Waals surface area contributed by atoms with Crippen molar-refractivity contribution < 1.29 is 4.79 Å². The van der Waals surface area contributed by atoms with Crippen molar-refractivity contribution in [1.29, 1.82) is 0 Å². The highest BCUT2D eigenvalue weighted by Gasteiger charge is 2.12. The first-order valence-electron chi connectivity index (χ1n) is 7.33. The van der Waals surface area contributed by atoms with E-state index < -0.39 is 0 Å². The molecule has 0 bridgehead atoms. The molecule has 1 aromatic rings. The molecule has 0 aliphatic heterocycles. The van der Waals surface area contributed by atoms with Crippen molar-refractivity contribution in [2.45, 2.75) is 57.8 Å². The summed E-state index contributed by atoms with van der Waals surface area (Å²) in [6.07, 6.45) is 2.08. The maximum Gasteiger partial charge on any atom is 0.230 e. The second-order valence-corrected chi connectivity index (χ2v) is 6.80. The Morgan fingerprint density at radius 2 is 2.10 bits per heavy atom. The minimum absolute atomic E-state index is 0.0239. The number of hydrogen-bond acceptors (Lipinski definition) is 6. The maximum absolute atomic E-state index is 11.6. The number of unbranched alkanes of at least 4 members (excludes halogenated alkanes) is 1. The molecule has 0 atom stereocenters. The number of nitrogens with one attached hydrogen (secondary N) is 2. The van der Waals surface area contributed by atoms with Crippen LogP contribution in [0.15, 0.2) is 5.16 Å². The quantitative estimate of drug-likeness (QED) is 0.524. The Balaban J connectivity index is 2.33. The van der Waals surface area contributed by atoms with E-state index in [2.05, 4.69) is 53.9 Å². The topological polar surface area (TPSA) is 84.7 Å². The van der Waals surface area contributed by atoms with Crippen LogP contribution in [0.5, 0.6) is 0 Å². The van der Waals surface area contributed by atoms with E-state index in [1.165, 1.54) is 11.8 Å². The van der Waals surface area contributed by atoms with Crippen molar-refractivity contribution in [2.75, 3.05) is 18.8 Å². The molecule has 0 spiro atoms. The molecule has 0 radical (unpaired) electrons. The van der Waals surface area contributed by atoms with E-state index in [0.29, 0.717) is 17.5 Å². The van der Waals surface area contributed by atoms with E-state index in [4.69, 9.17) is 0 Å². The Bertz CT molecular complexity index is 429. The molecule has 120 valence electrons. The zero-order valence-electron chi connectivity index (χ0n) is 13.3. The lowest BCUT2D eigenvalue weighted by Gasteiger charge is -2.20. The van der Waals surface area contributed by atoms with Gasteiger partial charge >= 0.3 is 0 Å². The summed E-state index contributed by atoms with van der Waals surface area (Å²) in [6.45, 7) is 10.6. The van der Waals surface area contributed by atoms with Gasteiger partial charge < -0.3 is 10.6 Å². The molecule has 1 aromatic heterocycles. The molecule has 0 saturated carbocycles. The molecule has 1 amide bonds. The summed E-state index contributed by atoms with van der Waals surface area (Å²) >= 11 is 1.36. The Morgan fingerprint density at radius 3 is 2.76 bits per heavy atom. The summed E-state index contributed by atoms with van der Waals surface area (Å²) in [6, 6.07) is 0. The third-order valence-corrected chi connectivity index (χ3v) is 3.62. The van der Waals surface area contributed by atoms with Crippen molar-refractivity contribution >= 4 is 17.7 Å². The number of carbonyl (C=O) groups is 1. The molecule has 0 aliphatic carbocycles. The third kappa shape index (κ3) is 8.01. The normalized spacial score (nSPS) is 11.6. The Hall–Kier alpha value is -1.15. The smallest absolute Gasteiger partial charge is 0.230 e. The van der Waals surface area contributed by atoms with Gasteiger partial charge in [0.05, 0.1) is 12.3 Å². The van der Waals surface area contributed by atoms with Gasteiger partial charge in [-0.05, 0) is 37.6 Å². The molecule has 1 rings (SSSR count). The average Bonchev–Trinajstić information content (AvgIpc) is 2.83. The van der Waals surface area contributed by atoms with Gasteiger partial charge in [-0.3, -0.25) is 4.79 Å². The standard InChI is InChI=1S/C13H26N6OS/c1-5-6-7-14-11(20)10-21-12-16-17-18-19(12)9-8-15-13(2,3)4/h15H,5-10H2,1-4H3,(H,14,20). The fraction of sp³-hybridized carbons (Fsp3) is 0.846. The molecule has 8 heteroatoms. The number of thioether (sulfide) groups is 1. The van der Waals surface area contributed by atoms with Crippen LogP contribution in [0.1, 0.15) is 40.5 Å². The van der Waals surface area contributed by atoms with Crippen molar-refractivity contribution in [2.24, 2.45) is 0 Å². The molecular weight excluding hydrogens is 288 g/mol. The summed E-state index contributed by atoms with van der Waals surface area (Å²) < 4.78 is 1.72. The predicted octanol–water partition coefficient (Wildman–Crippen LogP) is 1.07. The van der Waals surface area contributed by atoms with E-state index in [9.17, 15) is 4.79 Å². The highest BCUT2D eigenvalue weighted by molar-refractivity contribution is 7.99. The van der Waals surface area contributed by atoms with Gasteiger partial charge in [0, 0.05) is 18.6 Å². The van der Waals surface area contributed by atoms with Crippen LogP contribution in [0.3, 0.4) is 0 Å². The van der Waals surface area contributed by atoms with Gasteiger partial charge in [-0.1, -0.05) is 25.1 Å². The highest BCUT2D eigenvalue weighted by Crippen LogP contribution is 2.12. The largest absolute Gasteiger partial charge is 0.355 e. The minimum atomic E-state index is 0.0239. The highest BCUT2D eigenvalue weighted by atomic mass is 32.2. The van der Waals surface area contributed by atoms with E-state index in [-0.39, 0.29) is 11.4 Å². The first-order valence-corrected chi connectivity index (χ1v) is 8.31. The van der Waals surface area contributed by atoms with Gasteiger partial charge in [0.2, 0.25) is 11.1 Å². The Morgan fingerprint density at radius 1 is 1.33 bits per heavy atom. The predicted molar refractivity (Wildman–Crippen MR) is 84.2 cm³/mol. The van der Waals surface area contributed by atoms with E-state index in [1.807, 2.05) is 0 Å². The van der Waals surface area contributed by atoms with Crippen LogP contribution < -0.4 is 10.6 Å². The molecule has 0 unspecified atom stereocenters. The molecule has 7 nitrogen and oxygen atoms in total. The lowest BCUT2D eigenvalue weighted by Crippen LogP contribution is -2.38. The number of rotatable bonds is 9. The Labute approximate surface area is 130 Å². The zero-order valence-corrected chi connectivity index (χ0v) is 14.2. The molecular formula is C13H26N6OS. The number of tetrazole rings is 1. The Kier molecular flexibility index (Phi) is 7.66. The third-order valence-electron chi connectivity index (χ3n) is 2.66. The van der Waals surface area contributed by atoms with Crippen LogP contribution in [0.2, 0.25) is 0 Å². The summed E-state index contributed by atoms with van der Waals surface area (Å²) in [5.41, 5.74) is 0.0699. The van der Waals surface area contributed by atoms with E-state index >= 15 is 0 Å². The molecule has 0 saturated heterocycles. The lowest BCUT2D eigenvalue weighted by atomic mass is 10.1. The number of hydrogen-bond donors (Lipinski definition) is 2. The summed E-state index contributed by atoms with van der Waals surface area (Å²) in [5, 5.41) is 18.5. The summed E-state index contributed by atoms with van der Waals surface area (Å²) in [7, 11) is 0. The molecule has 2 N–H and O–H groups in total. The first kappa shape index (κ1) is 17.9. The van der Waals surface area contributed by atoms with Gasteiger partial charge in [-0.2, -0.15) is 0 Å². The molecule has 0 fully saturated rings. The van der Waals surface area contributed by atoms with Crippen molar-refractivity contribution in [1.82, 2.24) is 30.8 Å². The maximum atomic E-state index is 11.6.